The van der Waals surface area contributed by atoms with Crippen molar-refractivity contribution in [2.75, 3.05) is 5.75 Å². The molecule has 18 heavy (non-hydrogen) atoms. The second kappa shape index (κ2) is 5.91. The quantitative estimate of drug-likeness (QED) is 0.613. The first kappa shape index (κ1) is 13.0. The summed E-state index contributed by atoms with van der Waals surface area (Å²) in [5.41, 5.74) is 1.32. The number of thioether (sulfide) groups is 1. The van der Waals surface area contributed by atoms with Crippen molar-refractivity contribution < 1.29 is 4.42 Å². The predicted octanol–water partition coefficient (Wildman–Crippen LogP) is 3.29. The molecule has 2 rings (SSSR count). The van der Waals surface area contributed by atoms with E-state index in [9.17, 15) is 0 Å². The van der Waals surface area contributed by atoms with Gasteiger partial charge in [0.2, 0.25) is 0 Å². The zero-order valence-electron chi connectivity index (χ0n) is 10.9. The van der Waals surface area contributed by atoms with Crippen LogP contribution >= 0.6 is 11.8 Å². The van der Waals surface area contributed by atoms with Crippen molar-refractivity contribution in [3.8, 4) is 0 Å². The van der Waals surface area contributed by atoms with E-state index in [1.807, 2.05) is 19.1 Å². The summed E-state index contributed by atoms with van der Waals surface area (Å²) in [5.74, 6) is 2.74. The third-order valence-electron chi connectivity index (χ3n) is 2.50. The Bertz CT molecular complexity index is 524. The molecule has 96 valence electrons. The van der Waals surface area contributed by atoms with E-state index in [1.165, 1.54) is 5.57 Å². The molecule has 0 bridgehead atoms. The molecule has 4 nitrogen and oxygen atoms in total. The van der Waals surface area contributed by atoms with Gasteiger partial charge in [0.25, 0.3) is 0 Å². The van der Waals surface area contributed by atoms with E-state index in [0.717, 1.165) is 22.5 Å². The molecule has 0 spiro atoms. The van der Waals surface area contributed by atoms with Gasteiger partial charge in [0.05, 0.1) is 12.8 Å². The van der Waals surface area contributed by atoms with Crippen LogP contribution in [0.1, 0.15) is 25.4 Å². The Morgan fingerprint density at radius 1 is 1.44 bits per heavy atom. The Kier molecular flexibility index (Phi) is 4.25. The van der Waals surface area contributed by atoms with Crippen LogP contribution in [0.25, 0.3) is 0 Å². The fraction of sp³-hybridized carbons (Fsp3) is 0.385. The smallest absolute Gasteiger partial charge is 0.191 e. The zero-order valence-corrected chi connectivity index (χ0v) is 11.7. The van der Waals surface area contributed by atoms with Gasteiger partial charge in [0.1, 0.15) is 11.6 Å². The van der Waals surface area contributed by atoms with E-state index in [0.29, 0.717) is 6.54 Å². The highest BCUT2D eigenvalue weighted by Crippen LogP contribution is 2.19. The summed E-state index contributed by atoms with van der Waals surface area (Å²) in [7, 11) is 0. The second-order valence-corrected chi connectivity index (χ2v) is 5.27. The van der Waals surface area contributed by atoms with Crippen molar-refractivity contribution in [3.05, 3.63) is 41.6 Å². The Morgan fingerprint density at radius 3 is 2.94 bits per heavy atom. The van der Waals surface area contributed by atoms with Gasteiger partial charge in [0.15, 0.2) is 5.16 Å². The predicted molar refractivity (Wildman–Crippen MR) is 72.7 cm³/mol. The average molecular weight is 263 g/mol. The summed E-state index contributed by atoms with van der Waals surface area (Å²) in [6, 6.07) is 3.86. The van der Waals surface area contributed by atoms with Gasteiger partial charge in [-0.05, 0) is 32.9 Å². The van der Waals surface area contributed by atoms with Crippen LogP contribution in [0.2, 0.25) is 0 Å². The maximum absolute atomic E-state index is 5.36. The highest BCUT2D eigenvalue weighted by Gasteiger charge is 2.10. The molecular weight excluding hydrogens is 246 g/mol. The van der Waals surface area contributed by atoms with Crippen molar-refractivity contribution in [3.63, 3.8) is 0 Å². The number of allylic oxidation sites excluding steroid dienone is 1. The van der Waals surface area contributed by atoms with Gasteiger partial charge < -0.3 is 4.42 Å². The molecule has 0 aliphatic heterocycles. The Hall–Kier alpha value is -1.49. The van der Waals surface area contributed by atoms with Crippen molar-refractivity contribution >= 4 is 11.8 Å². The summed E-state index contributed by atoms with van der Waals surface area (Å²) in [6.07, 6.45) is 3.87. The summed E-state index contributed by atoms with van der Waals surface area (Å²) < 4.78 is 7.43. The molecule has 0 saturated heterocycles. The van der Waals surface area contributed by atoms with Crippen molar-refractivity contribution in [2.24, 2.45) is 0 Å². The lowest BCUT2D eigenvalue weighted by Crippen LogP contribution is -2.03. The van der Waals surface area contributed by atoms with Gasteiger partial charge in [-0.1, -0.05) is 23.4 Å². The number of furan rings is 1. The van der Waals surface area contributed by atoms with Crippen LogP contribution in [0.5, 0.6) is 0 Å². The van der Waals surface area contributed by atoms with Crippen LogP contribution < -0.4 is 0 Å². The molecule has 0 aliphatic rings. The number of aromatic nitrogens is 3. The topological polar surface area (TPSA) is 43.9 Å². The second-order valence-electron chi connectivity index (χ2n) is 4.29. The Balaban J connectivity index is 2.09. The molecule has 0 amide bonds. The van der Waals surface area contributed by atoms with Crippen molar-refractivity contribution in [1.82, 2.24) is 14.8 Å². The molecule has 2 heterocycles. The molecule has 5 heteroatoms. The molecule has 0 fully saturated rings. The molecule has 0 aliphatic carbocycles. The maximum Gasteiger partial charge on any atom is 0.191 e. The van der Waals surface area contributed by atoms with Gasteiger partial charge in [-0.25, -0.2) is 0 Å². The zero-order chi connectivity index (χ0) is 13.0. The molecule has 2 aromatic heterocycles. The normalized spacial score (nSPS) is 10.6. The van der Waals surface area contributed by atoms with Gasteiger partial charge in [0, 0.05) is 5.75 Å². The fourth-order valence-corrected chi connectivity index (χ4v) is 2.51. The maximum atomic E-state index is 5.36. The van der Waals surface area contributed by atoms with Gasteiger partial charge >= 0.3 is 0 Å². The lowest BCUT2D eigenvalue weighted by atomic mass is 10.3. The summed E-state index contributed by atoms with van der Waals surface area (Å²) in [5, 5.41) is 9.25. The van der Waals surface area contributed by atoms with E-state index in [4.69, 9.17) is 4.42 Å². The highest BCUT2D eigenvalue weighted by atomic mass is 32.2. The van der Waals surface area contributed by atoms with E-state index in [1.54, 1.807) is 18.0 Å². The Labute approximate surface area is 111 Å². The molecular formula is C13H17N3OS. The summed E-state index contributed by atoms with van der Waals surface area (Å²) >= 11 is 1.69. The summed E-state index contributed by atoms with van der Waals surface area (Å²) in [4.78, 5) is 0. The van der Waals surface area contributed by atoms with E-state index >= 15 is 0 Å². The molecule has 0 aromatic carbocycles. The van der Waals surface area contributed by atoms with Crippen molar-refractivity contribution in [1.29, 1.82) is 0 Å². The monoisotopic (exact) mass is 263 g/mol. The number of hydrogen-bond acceptors (Lipinski definition) is 4. The standard InChI is InChI=1S/C13H17N3OS/c1-10(2)6-8-18-13-15-14-11(3)16(13)9-12-5-4-7-17-12/h4-7H,8-9H2,1-3H3. The van der Waals surface area contributed by atoms with E-state index in [2.05, 4.69) is 34.7 Å². The first-order valence-electron chi connectivity index (χ1n) is 5.85. The lowest BCUT2D eigenvalue weighted by molar-refractivity contribution is 0.481. The third-order valence-corrected chi connectivity index (χ3v) is 3.39. The molecule has 0 atom stereocenters. The molecule has 0 saturated carbocycles. The van der Waals surface area contributed by atoms with Crippen LogP contribution in [-0.4, -0.2) is 20.5 Å². The fourth-order valence-electron chi connectivity index (χ4n) is 1.49. The highest BCUT2D eigenvalue weighted by molar-refractivity contribution is 7.99. The van der Waals surface area contributed by atoms with Crippen LogP contribution in [0.15, 0.2) is 39.6 Å². The first-order chi connectivity index (χ1) is 8.66. The molecule has 0 N–H and O–H groups in total. The van der Waals surface area contributed by atoms with E-state index in [-0.39, 0.29) is 0 Å². The SMILES string of the molecule is CC(C)=CCSc1nnc(C)n1Cc1ccco1. The average Bonchev–Trinajstić information content (AvgIpc) is 2.93. The largest absolute Gasteiger partial charge is 0.467 e. The third kappa shape index (κ3) is 3.26. The van der Waals surface area contributed by atoms with E-state index < -0.39 is 0 Å². The number of nitrogens with zero attached hydrogens (tertiary/aromatic N) is 3. The van der Waals surface area contributed by atoms with Crippen LogP contribution in [0.4, 0.5) is 0 Å². The molecule has 0 unspecified atom stereocenters. The summed E-state index contributed by atoms with van der Waals surface area (Å²) in [6.45, 7) is 6.84. The van der Waals surface area contributed by atoms with Crippen molar-refractivity contribution in [2.45, 2.75) is 32.5 Å². The molecule has 0 radical (unpaired) electrons. The number of rotatable bonds is 5. The van der Waals surface area contributed by atoms with Gasteiger partial charge in [-0.15, -0.1) is 10.2 Å². The van der Waals surface area contributed by atoms with Gasteiger partial charge in [-0.3, -0.25) is 4.57 Å². The van der Waals surface area contributed by atoms with Gasteiger partial charge in [-0.2, -0.15) is 0 Å². The minimum Gasteiger partial charge on any atom is -0.467 e. The minimum absolute atomic E-state index is 0.684. The number of aryl methyl sites for hydroxylation is 1. The molecule has 2 aromatic rings. The first-order valence-corrected chi connectivity index (χ1v) is 6.83. The number of hydrogen-bond donors (Lipinski definition) is 0. The Morgan fingerprint density at radius 2 is 2.28 bits per heavy atom. The van der Waals surface area contributed by atoms with Crippen LogP contribution in [0.3, 0.4) is 0 Å². The lowest BCUT2D eigenvalue weighted by Gasteiger charge is -2.05. The van der Waals surface area contributed by atoms with Crippen LogP contribution in [0, 0.1) is 6.92 Å². The van der Waals surface area contributed by atoms with Crippen LogP contribution in [-0.2, 0) is 6.54 Å². The minimum atomic E-state index is 0.684.